The average molecular weight is 291 g/mol. The fourth-order valence-electron chi connectivity index (χ4n) is 3.03. The van der Waals surface area contributed by atoms with Gasteiger partial charge in [0.05, 0.1) is 12.7 Å². The standard InChI is InChI=1S/C12H24N2O4P/c1-11(2)8-10(9-12(3,4)14(11)15)18-19(16)13-6-5-7-17-19/h10H,5-9H2,1-4H3,(H,13,16). The Hall–Kier alpha value is 0.0300. The Labute approximate surface area is 115 Å². The molecule has 19 heavy (non-hydrogen) atoms. The first-order valence-electron chi connectivity index (χ1n) is 6.80. The molecule has 2 aliphatic heterocycles. The summed E-state index contributed by atoms with van der Waals surface area (Å²) in [6, 6.07) is 0. The Balaban J connectivity index is 2.07. The van der Waals surface area contributed by atoms with Gasteiger partial charge in [-0.25, -0.2) is 9.65 Å². The monoisotopic (exact) mass is 291 g/mol. The summed E-state index contributed by atoms with van der Waals surface area (Å²) in [6.07, 6.45) is 1.71. The Morgan fingerprint density at radius 2 is 1.84 bits per heavy atom. The van der Waals surface area contributed by atoms with Crippen LogP contribution in [0.1, 0.15) is 47.0 Å². The molecular weight excluding hydrogens is 267 g/mol. The summed E-state index contributed by atoms with van der Waals surface area (Å²) in [4.78, 5) is 0. The Morgan fingerprint density at radius 1 is 1.26 bits per heavy atom. The first-order valence-corrected chi connectivity index (χ1v) is 8.35. The highest BCUT2D eigenvalue weighted by Crippen LogP contribution is 2.50. The summed E-state index contributed by atoms with van der Waals surface area (Å²) in [6.45, 7) is 8.66. The molecule has 1 atom stereocenters. The van der Waals surface area contributed by atoms with Crippen molar-refractivity contribution >= 4 is 7.75 Å². The topological polar surface area (TPSA) is 70.7 Å². The number of piperidine rings is 1. The molecule has 2 aliphatic rings. The van der Waals surface area contributed by atoms with E-state index in [4.69, 9.17) is 9.05 Å². The maximum absolute atomic E-state index is 12.4. The normalized spacial score (nSPS) is 36.3. The molecule has 1 unspecified atom stereocenters. The molecule has 7 heteroatoms. The fourth-order valence-corrected chi connectivity index (χ4v) is 4.60. The van der Waals surface area contributed by atoms with E-state index in [2.05, 4.69) is 5.09 Å². The van der Waals surface area contributed by atoms with Gasteiger partial charge >= 0.3 is 7.75 Å². The van der Waals surface area contributed by atoms with E-state index in [1.807, 2.05) is 27.7 Å². The Morgan fingerprint density at radius 3 is 2.32 bits per heavy atom. The molecule has 0 aromatic heterocycles. The quantitative estimate of drug-likeness (QED) is 0.791. The van der Waals surface area contributed by atoms with Crippen LogP contribution in [-0.4, -0.2) is 35.4 Å². The van der Waals surface area contributed by atoms with Gasteiger partial charge in [0.1, 0.15) is 0 Å². The second-order valence-corrected chi connectivity index (χ2v) is 8.43. The first-order chi connectivity index (χ1) is 8.65. The van der Waals surface area contributed by atoms with Gasteiger partial charge < -0.3 is 0 Å². The highest BCUT2D eigenvalue weighted by atomic mass is 31.2. The third-order valence-corrected chi connectivity index (χ3v) is 5.44. The molecule has 6 nitrogen and oxygen atoms in total. The Bertz CT molecular complexity index is 358. The van der Waals surface area contributed by atoms with Crippen molar-refractivity contribution in [3.05, 3.63) is 0 Å². The molecule has 111 valence electrons. The van der Waals surface area contributed by atoms with Crippen molar-refractivity contribution in [2.75, 3.05) is 13.2 Å². The maximum Gasteiger partial charge on any atom is 0.405 e. The van der Waals surface area contributed by atoms with Crippen molar-refractivity contribution in [3.63, 3.8) is 0 Å². The third kappa shape index (κ3) is 3.38. The van der Waals surface area contributed by atoms with Gasteiger partial charge in [0, 0.05) is 17.6 Å². The van der Waals surface area contributed by atoms with Crippen LogP contribution in [0.25, 0.3) is 0 Å². The minimum atomic E-state index is -3.18. The molecule has 0 spiro atoms. The lowest BCUT2D eigenvalue weighted by atomic mass is 9.80. The average Bonchev–Trinajstić information content (AvgIpc) is 2.25. The molecule has 2 heterocycles. The molecule has 0 amide bonds. The molecule has 0 aromatic rings. The minimum absolute atomic E-state index is 0.230. The fraction of sp³-hybridized carbons (Fsp3) is 1.00. The second kappa shape index (κ2) is 5.10. The van der Waals surface area contributed by atoms with Gasteiger partial charge in [-0.15, -0.1) is 10.3 Å². The number of nitrogens with zero attached hydrogens (tertiary/aromatic N) is 1. The van der Waals surface area contributed by atoms with Crippen LogP contribution in [0.4, 0.5) is 0 Å². The maximum atomic E-state index is 12.4. The van der Waals surface area contributed by atoms with Gasteiger partial charge in [0.15, 0.2) is 0 Å². The zero-order valence-electron chi connectivity index (χ0n) is 12.1. The summed E-state index contributed by atoms with van der Waals surface area (Å²) in [7, 11) is -3.18. The van der Waals surface area contributed by atoms with Gasteiger partial charge in [-0.05, 0) is 47.0 Å². The molecule has 1 radical (unpaired) electrons. The largest absolute Gasteiger partial charge is 0.405 e. The highest BCUT2D eigenvalue weighted by Gasteiger charge is 2.48. The summed E-state index contributed by atoms with van der Waals surface area (Å²) in [5.74, 6) is 0. The predicted octanol–water partition coefficient (Wildman–Crippen LogP) is 2.49. The van der Waals surface area contributed by atoms with Crippen LogP contribution < -0.4 is 5.09 Å². The number of hydrogen-bond acceptors (Lipinski definition) is 4. The predicted molar refractivity (Wildman–Crippen MR) is 71.0 cm³/mol. The van der Waals surface area contributed by atoms with E-state index in [0.29, 0.717) is 26.0 Å². The summed E-state index contributed by atoms with van der Waals surface area (Å²) >= 11 is 0. The summed E-state index contributed by atoms with van der Waals surface area (Å²) < 4.78 is 23.3. The smallest absolute Gasteiger partial charge is 0.297 e. The van der Waals surface area contributed by atoms with Crippen molar-refractivity contribution in [1.82, 2.24) is 10.2 Å². The molecular formula is C12H24N2O4P. The molecule has 2 saturated heterocycles. The van der Waals surface area contributed by atoms with Crippen molar-refractivity contribution in [2.45, 2.75) is 64.1 Å². The lowest BCUT2D eigenvalue weighted by Gasteiger charge is -2.49. The van der Waals surface area contributed by atoms with Crippen molar-refractivity contribution in [3.8, 4) is 0 Å². The molecule has 2 rings (SSSR count). The van der Waals surface area contributed by atoms with E-state index < -0.39 is 18.8 Å². The number of hydrogen-bond donors (Lipinski definition) is 1. The van der Waals surface area contributed by atoms with Crippen molar-refractivity contribution in [1.29, 1.82) is 0 Å². The molecule has 1 N–H and O–H groups in total. The van der Waals surface area contributed by atoms with Gasteiger partial charge in [-0.2, -0.15) is 0 Å². The van der Waals surface area contributed by atoms with E-state index in [1.54, 1.807) is 0 Å². The first kappa shape index (κ1) is 15.4. The van der Waals surface area contributed by atoms with Gasteiger partial charge in [-0.1, -0.05) is 0 Å². The zero-order chi connectivity index (χ0) is 14.3. The molecule has 2 fully saturated rings. The van der Waals surface area contributed by atoms with Gasteiger partial charge in [-0.3, -0.25) is 9.05 Å². The van der Waals surface area contributed by atoms with E-state index in [-0.39, 0.29) is 6.10 Å². The lowest BCUT2D eigenvalue weighted by molar-refractivity contribution is -0.297. The molecule has 0 aromatic carbocycles. The van der Waals surface area contributed by atoms with Crippen LogP contribution in [0.5, 0.6) is 0 Å². The summed E-state index contributed by atoms with van der Waals surface area (Å²) in [5.41, 5.74) is -1.05. The summed E-state index contributed by atoms with van der Waals surface area (Å²) in [5, 5.41) is 16.2. The van der Waals surface area contributed by atoms with E-state index in [0.717, 1.165) is 11.5 Å². The van der Waals surface area contributed by atoms with Gasteiger partial charge in [0.25, 0.3) is 0 Å². The van der Waals surface area contributed by atoms with Gasteiger partial charge in [0.2, 0.25) is 0 Å². The molecule has 0 saturated carbocycles. The molecule has 0 bridgehead atoms. The Kier molecular flexibility index (Phi) is 4.14. The van der Waals surface area contributed by atoms with Crippen molar-refractivity contribution in [2.24, 2.45) is 0 Å². The number of hydroxylamine groups is 2. The van der Waals surface area contributed by atoms with E-state index in [9.17, 15) is 9.77 Å². The van der Waals surface area contributed by atoms with Crippen LogP contribution in [0.15, 0.2) is 0 Å². The zero-order valence-corrected chi connectivity index (χ0v) is 13.0. The number of rotatable bonds is 2. The van der Waals surface area contributed by atoms with Crippen LogP contribution in [0, 0.1) is 0 Å². The van der Waals surface area contributed by atoms with Crippen LogP contribution in [0.3, 0.4) is 0 Å². The third-order valence-electron chi connectivity index (χ3n) is 3.73. The van der Waals surface area contributed by atoms with Crippen LogP contribution in [-0.2, 0) is 18.8 Å². The number of nitrogens with one attached hydrogen (secondary N) is 1. The van der Waals surface area contributed by atoms with E-state index >= 15 is 0 Å². The SMILES string of the molecule is CC1(C)CC(OP2(=O)NCCCO2)CC(C)(C)N1[O]. The van der Waals surface area contributed by atoms with Crippen LogP contribution in [0.2, 0.25) is 0 Å². The molecule has 0 aliphatic carbocycles. The lowest BCUT2D eigenvalue weighted by Crippen LogP contribution is -2.59. The van der Waals surface area contributed by atoms with E-state index in [1.165, 1.54) is 0 Å². The highest BCUT2D eigenvalue weighted by molar-refractivity contribution is 7.51. The second-order valence-electron chi connectivity index (χ2n) is 6.65. The van der Waals surface area contributed by atoms with Crippen molar-refractivity contribution < 1.29 is 18.8 Å². The minimum Gasteiger partial charge on any atom is -0.297 e. The van der Waals surface area contributed by atoms with Crippen LogP contribution >= 0.6 is 7.75 Å².